The lowest BCUT2D eigenvalue weighted by atomic mass is 10.0. The van der Waals surface area contributed by atoms with Crippen LogP contribution in [0.4, 0.5) is 0 Å². The van der Waals surface area contributed by atoms with Gasteiger partial charge in [0.15, 0.2) is 17.2 Å². The van der Waals surface area contributed by atoms with E-state index in [1.165, 1.54) is 18.9 Å². The topological polar surface area (TPSA) is 88.9 Å². The number of carbonyl (C=O) groups is 2. The van der Waals surface area contributed by atoms with E-state index >= 15 is 0 Å². The highest BCUT2D eigenvalue weighted by Crippen LogP contribution is 2.35. The van der Waals surface area contributed by atoms with Gasteiger partial charge in [0, 0.05) is 12.0 Å². The van der Waals surface area contributed by atoms with Gasteiger partial charge in [0.25, 0.3) is 0 Å². The summed E-state index contributed by atoms with van der Waals surface area (Å²) < 4.78 is 22.9. The third kappa shape index (κ3) is 4.29. The van der Waals surface area contributed by atoms with Crippen molar-refractivity contribution in [2.24, 2.45) is 0 Å². The summed E-state index contributed by atoms with van der Waals surface area (Å²) in [6.07, 6.45) is 0.838. The first-order valence-electron chi connectivity index (χ1n) is 11.5. The highest BCUT2D eigenvalue weighted by atomic mass is 16.5. The van der Waals surface area contributed by atoms with Gasteiger partial charge in [0.2, 0.25) is 0 Å². The second kappa shape index (κ2) is 9.95. The van der Waals surface area contributed by atoms with Gasteiger partial charge in [-0.25, -0.2) is 14.3 Å². The van der Waals surface area contributed by atoms with Crippen molar-refractivity contribution in [2.75, 3.05) is 27.4 Å². The van der Waals surface area contributed by atoms with Crippen LogP contribution in [0.3, 0.4) is 0 Å². The maximum absolute atomic E-state index is 12.8. The average Bonchev–Trinajstić information content (AvgIpc) is 3.18. The molecule has 1 aliphatic rings. The van der Waals surface area contributed by atoms with Crippen LogP contribution >= 0.6 is 0 Å². The summed E-state index contributed by atoms with van der Waals surface area (Å²) in [4.78, 5) is 25.6. The number of fused-ring (bicyclic) bond motifs is 1. The first-order valence-corrected chi connectivity index (χ1v) is 11.5. The molecule has 0 amide bonds. The molecule has 0 unspecified atom stereocenters. The van der Waals surface area contributed by atoms with Gasteiger partial charge in [0.05, 0.1) is 33.1 Å². The summed E-state index contributed by atoms with van der Waals surface area (Å²) in [6, 6.07) is 22.5. The van der Waals surface area contributed by atoms with Gasteiger partial charge in [-0.2, -0.15) is 5.10 Å². The Kier molecular flexibility index (Phi) is 6.40. The zero-order valence-electron chi connectivity index (χ0n) is 19.9. The van der Waals surface area contributed by atoms with E-state index < -0.39 is 11.9 Å². The smallest absolute Gasteiger partial charge is 0.357 e. The molecule has 0 N–H and O–H groups in total. The Morgan fingerprint density at radius 2 is 1.42 bits per heavy atom. The van der Waals surface area contributed by atoms with Crippen molar-refractivity contribution < 1.29 is 28.5 Å². The minimum Gasteiger partial charge on any atom is -0.490 e. The van der Waals surface area contributed by atoms with Crippen LogP contribution in [0.5, 0.6) is 11.5 Å². The van der Waals surface area contributed by atoms with Crippen molar-refractivity contribution in [3.63, 3.8) is 0 Å². The molecule has 2 heterocycles. The van der Waals surface area contributed by atoms with Crippen molar-refractivity contribution in [2.45, 2.75) is 6.42 Å². The Labute approximate surface area is 208 Å². The van der Waals surface area contributed by atoms with Crippen molar-refractivity contribution in [3.05, 3.63) is 84.1 Å². The molecular weight excluding hydrogens is 460 g/mol. The van der Waals surface area contributed by atoms with Crippen LogP contribution in [-0.2, 0) is 9.47 Å². The number of nitrogens with zero attached hydrogens (tertiary/aromatic N) is 2. The molecule has 3 aromatic carbocycles. The van der Waals surface area contributed by atoms with Crippen molar-refractivity contribution in [1.29, 1.82) is 0 Å². The van der Waals surface area contributed by atoms with Gasteiger partial charge >= 0.3 is 11.9 Å². The molecule has 0 aliphatic carbocycles. The number of hydrogen-bond donors (Lipinski definition) is 0. The molecule has 1 aliphatic heterocycles. The van der Waals surface area contributed by atoms with Gasteiger partial charge in [-0.05, 0) is 35.4 Å². The van der Waals surface area contributed by atoms with E-state index in [2.05, 4.69) is 5.10 Å². The van der Waals surface area contributed by atoms with Crippen LogP contribution in [0.15, 0.2) is 72.8 Å². The fraction of sp³-hybridized carbons (Fsp3) is 0.179. The molecule has 0 spiro atoms. The molecule has 182 valence electrons. The standard InChI is InChI=1S/C28H24N2O6/c1-33-27(31)24-25(29-30(26(24)28(32)34-2)21-7-4-3-5-8-21)19-11-9-18(10-12-19)20-13-14-22-23(17-20)36-16-6-15-35-22/h3-5,7-14,17H,6,15-16H2,1-2H3. The number of carbonyl (C=O) groups excluding carboxylic acids is 2. The van der Waals surface area contributed by atoms with Crippen molar-refractivity contribution in [3.8, 4) is 39.6 Å². The van der Waals surface area contributed by atoms with Crippen LogP contribution < -0.4 is 9.47 Å². The van der Waals surface area contributed by atoms with Crippen molar-refractivity contribution in [1.82, 2.24) is 9.78 Å². The maximum Gasteiger partial charge on any atom is 0.357 e. The van der Waals surface area contributed by atoms with Gasteiger partial charge < -0.3 is 18.9 Å². The lowest BCUT2D eigenvalue weighted by Crippen LogP contribution is -2.15. The van der Waals surface area contributed by atoms with E-state index in [4.69, 9.17) is 18.9 Å². The fourth-order valence-corrected chi connectivity index (χ4v) is 4.12. The Hall–Kier alpha value is -4.59. The van der Waals surface area contributed by atoms with Crippen LogP contribution in [0.1, 0.15) is 27.3 Å². The van der Waals surface area contributed by atoms with Crippen molar-refractivity contribution >= 4 is 11.9 Å². The third-order valence-corrected chi connectivity index (χ3v) is 5.89. The third-order valence-electron chi connectivity index (χ3n) is 5.89. The van der Waals surface area contributed by atoms with Gasteiger partial charge in [-0.3, -0.25) is 0 Å². The second-order valence-corrected chi connectivity index (χ2v) is 8.09. The predicted octanol–water partition coefficient (Wildman–Crippen LogP) is 4.94. The Balaban J connectivity index is 1.59. The highest BCUT2D eigenvalue weighted by molar-refractivity contribution is 6.06. The summed E-state index contributed by atoms with van der Waals surface area (Å²) in [5, 5.41) is 4.64. The summed E-state index contributed by atoms with van der Waals surface area (Å²) in [5.41, 5.74) is 3.52. The molecular formula is C28H24N2O6. The summed E-state index contributed by atoms with van der Waals surface area (Å²) in [6.45, 7) is 1.24. The van der Waals surface area contributed by atoms with E-state index in [0.29, 0.717) is 35.9 Å². The van der Waals surface area contributed by atoms with Gasteiger partial charge in [-0.1, -0.05) is 48.5 Å². The zero-order chi connectivity index (χ0) is 25.1. The molecule has 1 aromatic heterocycles. The predicted molar refractivity (Wildman–Crippen MR) is 133 cm³/mol. The second-order valence-electron chi connectivity index (χ2n) is 8.09. The highest BCUT2D eigenvalue weighted by Gasteiger charge is 2.31. The summed E-state index contributed by atoms with van der Waals surface area (Å²) in [5.74, 6) is 0.0742. The Morgan fingerprint density at radius 1 is 0.778 bits per heavy atom. The number of benzene rings is 3. The first kappa shape index (κ1) is 23.2. The Bertz CT molecular complexity index is 1410. The number of methoxy groups -OCH3 is 2. The molecule has 0 radical (unpaired) electrons. The molecule has 4 aromatic rings. The van der Waals surface area contributed by atoms with Gasteiger partial charge in [-0.15, -0.1) is 0 Å². The monoisotopic (exact) mass is 484 g/mol. The minimum atomic E-state index is -0.693. The quantitative estimate of drug-likeness (QED) is 0.371. The van der Waals surface area contributed by atoms with Crippen LogP contribution in [0.25, 0.3) is 28.1 Å². The molecule has 5 rings (SSSR count). The number of esters is 2. The van der Waals surface area contributed by atoms with Gasteiger partial charge in [0.1, 0.15) is 11.3 Å². The fourth-order valence-electron chi connectivity index (χ4n) is 4.12. The first-order chi connectivity index (χ1) is 17.6. The minimum absolute atomic E-state index is 0.00229. The van der Waals surface area contributed by atoms with E-state index in [1.54, 1.807) is 12.1 Å². The number of ether oxygens (including phenoxy) is 4. The molecule has 0 saturated carbocycles. The number of hydrogen-bond acceptors (Lipinski definition) is 7. The van der Waals surface area contributed by atoms with Crippen LogP contribution in [0.2, 0.25) is 0 Å². The van der Waals surface area contributed by atoms with E-state index in [1.807, 2.05) is 60.7 Å². The summed E-state index contributed by atoms with van der Waals surface area (Å²) >= 11 is 0. The lowest BCUT2D eigenvalue weighted by molar-refractivity contribution is 0.0549. The summed E-state index contributed by atoms with van der Waals surface area (Å²) in [7, 11) is 2.52. The average molecular weight is 485 g/mol. The maximum atomic E-state index is 12.8. The normalized spacial score (nSPS) is 12.5. The molecule has 8 nitrogen and oxygen atoms in total. The zero-order valence-corrected chi connectivity index (χ0v) is 19.9. The van der Waals surface area contributed by atoms with E-state index in [-0.39, 0.29) is 11.3 Å². The number of para-hydroxylation sites is 1. The SMILES string of the molecule is COC(=O)c1c(-c2ccc(-c3ccc4c(c3)OCCCO4)cc2)nn(-c2ccccc2)c1C(=O)OC. The number of aromatic nitrogens is 2. The molecule has 0 bridgehead atoms. The van der Waals surface area contributed by atoms with E-state index in [9.17, 15) is 9.59 Å². The molecule has 0 saturated heterocycles. The lowest BCUT2D eigenvalue weighted by Gasteiger charge is -2.10. The molecule has 0 atom stereocenters. The van der Waals surface area contributed by atoms with Crippen LogP contribution in [-0.4, -0.2) is 49.2 Å². The number of rotatable bonds is 5. The largest absolute Gasteiger partial charge is 0.490 e. The Morgan fingerprint density at radius 3 is 2.11 bits per heavy atom. The molecule has 8 heteroatoms. The van der Waals surface area contributed by atoms with Crippen LogP contribution in [0, 0.1) is 0 Å². The molecule has 0 fully saturated rings. The van der Waals surface area contributed by atoms with E-state index in [0.717, 1.165) is 23.3 Å². The molecule has 36 heavy (non-hydrogen) atoms.